The molecule has 0 radical (unpaired) electrons. The molecule has 0 aliphatic heterocycles. The number of hydrogen-bond donors (Lipinski definition) is 1. The van der Waals surface area contributed by atoms with Crippen LogP contribution in [0.5, 0.6) is 0 Å². The minimum absolute atomic E-state index is 0.0974. The van der Waals surface area contributed by atoms with E-state index in [0.717, 1.165) is 11.4 Å². The van der Waals surface area contributed by atoms with E-state index >= 15 is 0 Å². The van der Waals surface area contributed by atoms with Gasteiger partial charge in [-0.15, -0.1) is 0 Å². The Labute approximate surface area is 127 Å². The summed E-state index contributed by atoms with van der Waals surface area (Å²) in [5.74, 6) is 0.877. The molecule has 1 aromatic carbocycles. The molecule has 0 aliphatic carbocycles. The average Bonchev–Trinajstić information content (AvgIpc) is 2.67. The lowest BCUT2D eigenvalue weighted by molar-refractivity contribution is 0.549. The van der Waals surface area contributed by atoms with Crippen molar-refractivity contribution in [2.24, 2.45) is 7.05 Å². The lowest BCUT2D eigenvalue weighted by atomic mass is 10.1. The molecular formula is C13H14Cl3N3. The van der Waals surface area contributed by atoms with Crippen molar-refractivity contribution in [2.75, 3.05) is 0 Å². The molecule has 0 aliphatic rings. The quantitative estimate of drug-likeness (QED) is 0.914. The van der Waals surface area contributed by atoms with Gasteiger partial charge in [-0.1, -0.05) is 40.9 Å². The van der Waals surface area contributed by atoms with E-state index in [-0.39, 0.29) is 6.04 Å². The van der Waals surface area contributed by atoms with E-state index in [4.69, 9.17) is 34.8 Å². The highest BCUT2D eigenvalue weighted by atomic mass is 35.5. The fourth-order valence-corrected chi connectivity index (χ4v) is 2.51. The molecule has 19 heavy (non-hydrogen) atoms. The normalized spacial score (nSPS) is 12.7. The number of aromatic nitrogens is 2. The van der Waals surface area contributed by atoms with Crippen LogP contribution >= 0.6 is 34.8 Å². The maximum absolute atomic E-state index is 6.18. The zero-order valence-electron chi connectivity index (χ0n) is 10.6. The summed E-state index contributed by atoms with van der Waals surface area (Å²) in [5.41, 5.74) is 1.01. The first-order valence-electron chi connectivity index (χ1n) is 5.83. The van der Waals surface area contributed by atoms with Crippen LogP contribution in [-0.2, 0) is 13.6 Å². The number of nitrogens with one attached hydrogen (secondary N) is 1. The lowest BCUT2D eigenvalue weighted by Crippen LogP contribution is -2.20. The molecule has 1 unspecified atom stereocenters. The van der Waals surface area contributed by atoms with Crippen LogP contribution < -0.4 is 5.32 Å². The highest BCUT2D eigenvalue weighted by Crippen LogP contribution is 2.26. The van der Waals surface area contributed by atoms with Crippen LogP contribution in [0.1, 0.15) is 24.4 Å². The fraction of sp³-hybridized carbons (Fsp3) is 0.308. The predicted octanol–water partition coefficient (Wildman–Crippen LogP) is 4.23. The van der Waals surface area contributed by atoms with Gasteiger partial charge in [0.1, 0.15) is 11.0 Å². The molecule has 0 fully saturated rings. The van der Waals surface area contributed by atoms with Crippen molar-refractivity contribution in [1.82, 2.24) is 14.9 Å². The van der Waals surface area contributed by atoms with E-state index in [0.29, 0.717) is 21.7 Å². The van der Waals surface area contributed by atoms with Crippen LogP contribution in [0.15, 0.2) is 24.4 Å². The third-order valence-electron chi connectivity index (χ3n) is 3.02. The Hall–Kier alpha value is -0.740. The predicted molar refractivity (Wildman–Crippen MR) is 79.9 cm³/mol. The van der Waals surface area contributed by atoms with Gasteiger partial charge in [-0.3, -0.25) is 0 Å². The molecule has 3 nitrogen and oxygen atoms in total. The summed E-state index contributed by atoms with van der Waals surface area (Å²) in [6, 6.07) is 5.60. The summed E-state index contributed by atoms with van der Waals surface area (Å²) in [4.78, 5) is 4.23. The Morgan fingerprint density at radius 3 is 2.63 bits per heavy atom. The molecular weight excluding hydrogens is 305 g/mol. The lowest BCUT2D eigenvalue weighted by Gasteiger charge is -2.15. The molecule has 1 aromatic heterocycles. The first-order chi connectivity index (χ1) is 8.99. The molecule has 2 aromatic rings. The van der Waals surface area contributed by atoms with Gasteiger partial charge in [0.15, 0.2) is 0 Å². The number of halogens is 3. The zero-order valence-corrected chi connectivity index (χ0v) is 12.9. The number of nitrogens with zero attached hydrogens (tertiary/aromatic N) is 2. The second-order valence-corrected chi connectivity index (χ2v) is 5.56. The second kappa shape index (κ2) is 6.14. The highest BCUT2D eigenvalue weighted by Gasteiger charge is 2.11. The zero-order chi connectivity index (χ0) is 14.0. The second-order valence-electron chi connectivity index (χ2n) is 4.32. The summed E-state index contributed by atoms with van der Waals surface area (Å²) < 4.78 is 1.84. The molecule has 1 atom stereocenters. The van der Waals surface area contributed by atoms with E-state index in [1.807, 2.05) is 30.7 Å². The van der Waals surface area contributed by atoms with Crippen molar-refractivity contribution < 1.29 is 0 Å². The topological polar surface area (TPSA) is 29.9 Å². The van der Waals surface area contributed by atoms with Gasteiger partial charge < -0.3 is 9.88 Å². The van der Waals surface area contributed by atoms with E-state index in [1.54, 1.807) is 12.3 Å². The monoisotopic (exact) mass is 317 g/mol. The van der Waals surface area contributed by atoms with Gasteiger partial charge in [0.25, 0.3) is 0 Å². The van der Waals surface area contributed by atoms with Gasteiger partial charge in [0.2, 0.25) is 0 Å². The van der Waals surface area contributed by atoms with Crippen molar-refractivity contribution in [3.05, 3.63) is 51.0 Å². The van der Waals surface area contributed by atoms with Crippen molar-refractivity contribution in [1.29, 1.82) is 0 Å². The SMILES string of the molecule is CC(NCc1ncc(Cl)n1C)c1ccc(Cl)cc1Cl. The van der Waals surface area contributed by atoms with Crippen molar-refractivity contribution in [3.8, 4) is 0 Å². The Bertz CT molecular complexity index is 581. The van der Waals surface area contributed by atoms with Crippen molar-refractivity contribution >= 4 is 34.8 Å². The number of hydrogen-bond acceptors (Lipinski definition) is 2. The summed E-state index contributed by atoms with van der Waals surface area (Å²) in [6.45, 7) is 2.66. The molecule has 102 valence electrons. The first kappa shape index (κ1) is 14.7. The van der Waals surface area contributed by atoms with E-state index in [2.05, 4.69) is 10.3 Å². The minimum Gasteiger partial charge on any atom is -0.321 e. The fourth-order valence-electron chi connectivity index (χ4n) is 1.80. The van der Waals surface area contributed by atoms with Crippen LogP contribution in [0.2, 0.25) is 15.2 Å². The van der Waals surface area contributed by atoms with Crippen molar-refractivity contribution in [2.45, 2.75) is 19.5 Å². The Morgan fingerprint density at radius 2 is 2.05 bits per heavy atom. The Balaban J connectivity index is 2.05. The highest BCUT2D eigenvalue weighted by molar-refractivity contribution is 6.35. The molecule has 0 saturated carbocycles. The molecule has 0 saturated heterocycles. The number of benzene rings is 1. The maximum Gasteiger partial charge on any atom is 0.128 e. The van der Waals surface area contributed by atoms with Crippen LogP contribution in [0.4, 0.5) is 0 Å². The molecule has 2 rings (SSSR count). The van der Waals surface area contributed by atoms with Gasteiger partial charge >= 0.3 is 0 Å². The van der Waals surface area contributed by atoms with Crippen LogP contribution in [0, 0.1) is 0 Å². The van der Waals surface area contributed by atoms with Crippen molar-refractivity contribution in [3.63, 3.8) is 0 Å². The molecule has 0 bridgehead atoms. The molecule has 0 amide bonds. The van der Waals surface area contributed by atoms with Gasteiger partial charge in [-0.2, -0.15) is 0 Å². The standard InChI is InChI=1S/C13H14Cl3N3/c1-8(10-4-3-9(14)5-11(10)15)17-7-13-18-6-12(16)19(13)2/h3-6,8,17H,7H2,1-2H3. The van der Waals surface area contributed by atoms with Gasteiger partial charge in [0, 0.05) is 23.1 Å². The molecule has 1 N–H and O–H groups in total. The van der Waals surface area contributed by atoms with Gasteiger partial charge in [-0.05, 0) is 24.6 Å². The molecule has 1 heterocycles. The number of rotatable bonds is 4. The first-order valence-corrected chi connectivity index (χ1v) is 6.97. The summed E-state index contributed by atoms with van der Waals surface area (Å²) >= 11 is 18.0. The van der Waals surface area contributed by atoms with E-state index < -0.39 is 0 Å². The maximum atomic E-state index is 6.18. The van der Waals surface area contributed by atoms with E-state index in [1.165, 1.54) is 0 Å². The van der Waals surface area contributed by atoms with Gasteiger partial charge in [0.05, 0.1) is 12.7 Å². The molecule has 0 spiro atoms. The molecule has 6 heteroatoms. The minimum atomic E-state index is 0.0974. The third kappa shape index (κ3) is 3.42. The average molecular weight is 319 g/mol. The number of imidazole rings is 1. The summed E-state index contributed by atoms with van der Waals surface area (Å²) in [6.07, 6.45) is 1.64. The largest absolute Gasteiger partial charge is 0.321 e. The third-order valence-corrected chi connectivity index (χ3v) is 3.94. The van der Waals surface area contributed by atoms with Crippen LogP contribution in [-0.4, -0.2) is 9.55 Å². The Morgan fingerprint density at radius 1 is 1.32 bits per heavy atom. The van der Waals surface area contributed by atoms with Crippen LogP contribution in [0.25, 0.3) is 0 Å². The van der Waals surface area contributed by atoms with E-state index in [9.17, 15) is 0 Å². The van der Waals surface area contributed by atoms with Gasteiger partial charge in [-0.25, -0.2) is 4.98 Å². The Kier molecular flexibility index (Phi) is 4.74. The smallest absolute Gasteiger partial charge is 0.128 e. The summed E-state index contributed by atoms with van der Waals surface area (Å²) in [7, 11) is 1.88. The van der Waals surface area contributed by atoms with Crippen LogP contribution in [0.3, 0.4) is 0 Å². The summed E-state index contributed by atoms with van der Waals surface area (Å²) in [5, 5.41) is 5.27.